The minimum atomic E-state index is -0.382. The molecule has 1 unspecified atom stereocenters. The molecule has 8 heteroatoms. The predicted octanol–water partition coefficient (Wildman–Crippen LogP) is 3.14. The minimum absolute atomic E-state index is 0.170. The van der Waals surface area contributed by atoms with E-state index in [1.165, 1.54) is 36.4 Å². The molecule has 1 atom stereocenters. The molecule has 144 valence electrons. The molecular formula is C20H18F2N4O2. The van der Waals surface area contributed by atoms with Crippen LogP contribution in [-0.2, 0) is 0 Å². The first-order valence-corrected chi connectivity index (χ1v) is 8.86. The Hall–Kier alpha value is -3.13. The normalized spacial score (nSPS) is 17.7. The Bertz CT molecular complexity index is 973. The summed E-state index contributed by atoms with van der Waals surface area (Å²) < 4.78 is 31.6. The first kappa shape index (κ1) is 18.2. The maximum atomic E-state index is 13.1. The number of amides is 1. The van der Waals surface area contributed by atoms with E-state index in [9.17, 15) is 13.6 Å². The van der Waals surface area contributed by atoms with Gasteiger partial charge in [-0.1, -0.05) is 5.16 Å². The topological polar surface area (TPSA) is 62.5 Å². The SMILES string of the molecule is CN1CCN(C(=O)c2ccc(F)cc2)CC1c1nc(-c2ccc(F)cc2)no1. The summed E-state index contributed by atoms with van der Waals surface area (Å²) in [6.07, 6.45) is 0. The molecule has 2 aromatic carbocycles. The lowest BCUT2D eigenvalue weighted by atomic mass is 10.1. The Kier molecular flexibility index (Phi) is 4.87. The number of carbonyl (C=O) groups excluding carboxylic acids is 1. The van der Waals surface area contributed by atoms with Crippen molar-refractivity contribution in [1.82, 2.24) is 19.9 Å². The minimum Gasteiger partial charge on any atom is -0.337 e. The first-order chi connectivity index (χ1) is 13.5. The molecule has 0 saturated carbocycles. The van der Waals surface area contributed by atoms with Crippen molar-refractivity contribution in [1.29, 1.82) is 0 Å². The van der Waals surface area contributed by atoms with Crippen LogP contribution in [0.15, 0.2) is 53.1 Å². The maximum absolute atomic E-state index is 13.1. The molecule has 6 nitrogen and oxygen atoms in total. The maximum Gasteiger partial charge on any atom is 0.253 e. The number of hydrogen-bond acceptors (Lipinski definition) is 5. The number of piperazine rings is 1. The molecular weight excluding hydrogens is 366 g/mol. The van der Waals surface area contributed by atoms with Crippen LogP contribution in [0.5, 0.6) is 0 Å². The van der Waals surface area contributed by atoms with E-state index in [2.05, 4.69) is 10.1 Å². The van der Waals surface area contributed by atoms with Gasteiger partial charge in [0.05, 0.1) is 0 Å². The van der Waals surface area contributed by atoms with Crippen LogP contribution in [0.25, 0.3) is 11.4 Å². The summed E-state index contributed by atoms with van der Waals surface area (Å²) in [6, 6.07) is 11.1. The van der Waals surface area contributed by atoms with Crippen LogP contribution in [0.2, 0.25) is 0 Å². The van der Waals surface area contributed by atoms with E-state index in [4.69, 9.17) is 4.52 Å². The Morgan fingerprint density at radius 2 is 1.68 bits per heavy atom. The zero-order valence-electron chi connectivity index (χ0n) is 15.2. The first-order valence-electron chi connectivity index (χ1n) is 8.86. The second-order valence-corrected chi connectivity index (χ2v) is 6.72. The van der Waals surface area contributed by atoms with E-state index in [0.717, 1.165) is 0 Å². The fourth-order valence-electron chi connectivity index (χ4n) is 3.19. The molecule has 4 rings (SSSR count). The third-order valence-electron chi connectivity index (χ3n) is 4.86. The van der Waals surface area contributed by atoms with Gasteiger partial charge in [0.15, 0.2) is 0 Å². The third kappa shape index (κ3) is 3.63. The number of nitrogens with zero attached hydrogens (tertiary/aromatic N) is 4. The molecule has 3 aromatic rings. The Morgan fingerprint density at radius 1 is 1.04 bits per heavy atom. The number of halogens is 2. The van der Waals surface area contributed by atoms with Gasteiger partial charge in [0.25, 0.3) is 5.91 Å². The monoisotopic (exact) mass is 384 g/mol. The summed E-state index contributed by atoms with van der Waals surface area (Å²) in [6.45, 7) is 1.55. The van der Waals surface area contributed by atoms with Crippen molar-refractivity contribution >= 4 is 5.91 Å². The van der Waals surface area contributed by atoms with Crippen LogP contribution in [-0.4, -0.2) is 52.5 Å². The fourth-order valence-corrected chi connectivity index (χ4v) is 3.19. The predicted molar refractivity (Wildman–Crippen MR) is 97.4 cm³/mol. The summed E-state index contributed by atoms with van der Waals surface area (Å²) in [5.41, 5.74) is 1.08. The van der Waals surface area contributed by atoms with Crippen LogP contribution in [0, 0.1) is 11.6 Å². The van der Waals surface area contributed by atoms with Crippen molar-refractivity contribution in [3.05, 3.63) is 71.6 Å². The lowest BCUT2D eigenvalue weighted by Gasteiger charge is -2.37. The van der Waals surface area contributed by atoms with Crippen molar-refractivity contribution in [3.8, 4) is 11.4 Å². The molecule has 0 aliphatic carbocycles. The largest absolute Gasteiger partial charge is 0.337 e. The Morgan fingerprint density at radius 3 is 2.36 bits per heavy atom. The highest BCUT2D eigenvalue weighted by molar-refractivity contribution is 5.94. The lowest BCUT2D eigenvalue weighted by molar-refractivity contribution is 0.0489. The number of rotatable bonds is 3. The van der Waals surface area contributed by atoms with Gasteiger partial charge in [0.1, 0.15) is 17.7 Å². The highest BCUT2D eigenvalue weighted by atomic mass is 19.1. The number of hydrogen-bond donors (Lipinski definition) is 0. The number of aromatic nitrogens is 2. The zero-order valence-corrected chi connectivity index (χ0v) is 15.2. The highest BCUT2D eigenvalue weighted by Gasteiger charge is 2.32. The molecule has 1 aromatic heterocycles. The molecule has 0 radical (unpaired) electrons. The van der Waals surface area contributed by atoms with E-state index in [1.54, 1.807) is 17.0 Å². The second kappa shape index (κ2) is 7.47. The van der Waals surface area contributed by atoms with Gasteiger partial charge in [-0.05, 0) is 55.6 Å². The van der Waals surface area contributed by atoms with Crippen LogP contribution in [0.3, 0.4) is 0 Å². The summed E-state index contributed by atoms with van der Waals surface area (Å²) in [7, 11) is 1.92. The van der Waals surface area contributed by atoms with Gasteiger partial charge in [-0.25, -0.2) is 8.78 Å². The van der Waals surface area contributed by atoms with Gasteiger partial charge < -0.3 is 9.42 Å². The average molecular weight is 384 g/mol. The molecule has 1 fully saturated rings. The summed E-state index contributed by atoms with van der Waals surface area (Å²) in [5, 5.41) is 3.98. The van der Waals surface area contributed by atoms with Gasteiger partial charge >= 0.3 is 0 Å². The summed E-state index contributed by atoms with van der Waals surface area (Å²) >= 11 is 0. The van der Waals surface area contributed by atoms with Gasteiger partial charge in [-0.2, -0.15) is 4.98 Å². The quantitative estimate of drug-likeness (QED) is 0.694. The molecule has 0 N–H and O–H groups in total. The lowest BCUT2D eigenvalue weighted by Crippen LogP contribution is -2.49. The van der Waals surface area contributed by atoms with E-state index in [1.807, 2.05) is 11.9 Å². The molecule has 2 heterocycles. The zero-order chi connectivity index (χ0) is 19.7. The molecule has 1 aliphatic heterocycles. The number of carbonyl (C=O) groups is 1. The van der Waals surface area contributed by atoms with Crippen molar-refractivity contribution in [2.45, 2.75) is 6.04 Å². The van der Waals surface area contributed by atoms with Crippen LogP contribution < -0.4 is 0 Å². The third-order valence-corrected chi connectivity index (χ3v) is 4.86. The second-order valence-electron chi connectivity index (χ2n) is 6.72. The van der Waals surface area contributed by atoms with E-state index < -0.39 is 0 Å². The molecule has 1 saturated heterocycles. The van der Waals surface area contributed by atoms with Gasteiger partial charge in [0, 0.05) is 30.8 Å². The summed E-state index contributed by atoms with van der Waals surface area (Å²) in [4.78, 5) is 20.9. The number of benzene rings is 2. The molecule has 28 heavy (non-hydrogen) atoms. The number of likely N-dealkylation sites (N-methyl/N-ethyl adjacent to an activating group) is 1. The van der Waals surface area contributed by atoms with Crippen LogP contribution in [0.4, 0.5) is 8.78 Å². The summed E-state index contributed by atoms with van der Waals surface area (Å²) in [5.74, 6) is -0.137. The van der Waals surface area contributed by atoms with Gasteiger partial charge in [-0.3, -0.25) is 9.69 Å². The standard InChI is InChI=1S/C20H18F2N4O2/c1-25-10-11-26(20(27)14-4-8-16(22)9-5-14)12-17(25)19-23-18(24-28-19)13-2-6-15(21)7-3-13/h2-9,17H,10-12H2,1H3. The molecule has 0 spiro atoms. The van der Waals surface area contributed by atoms with E-state index in [-0.39, 0.29) is 23.6 Å². The Balaban J connectivity index is 1.53. The average Bonchev–Trinajstić information content (AvgIpc) is 3.19. The fraction of sp³-hybridized carbons (Fsp3) is 0.250. The van der Waals surface area contributed by atoms with Crippen LogP contribution >= 0.6 is 0 Å². The molecule has 1 amide bonds. The van der Waals surface area contributed by atoms with Crippen LogP contribution in [0.1, 0.15) is 22.3 Å². The highest BCUT2D eigenvalue weighted by Crippen LogP contribution is 2.26. The van der Waals surface area contributed by atoms with E-state index in [0.29, 0.717) is 42.5 Å². The smallest absolute Gasteiger partial charge is 0.253 e. The van der Waals surface area contributed by atoms with Crippen molar-refractivity contribution < 1.29 is 18.1 Å². The molecule has 1 aliphatic rings. The van der Waals surface area contributed by atoms with Crippen molar-refractivity contribution in [2.75, 3.05) is 26.7 Å². The Labute approximate surface area is 160 Å². The molecule has 0 bridgehead atoms. The van der Waals surface area contributed by atoms with Gasteiger partial charge in [-0.15, -0.1) is 0 Å². The van der Waals surface area contributed by atoms with Gasteiger partial charge in [0.2, 0.25) is 11.7 Å². The van der Waals surface area contributed by atoms with Crippen molar-refractivity contribution in [2.24, 2.45) is 0 Å². The van der Waals surface area contributed by atoms with E-state index >= 15 is 0 Å². The van der Waals surface area contributed by atoms with Crippen molar-refractivity contribution in [3.63, 3.8) is 0 Å².